The minimum atomic E-state index is -0.894. The van der Waals surface area contributed by atoms with Crippen molar-refractivity contribution < 1.29 is 28.8 Å². The Labute approximate surface area is 156 Å². The molecule has 0 aromatic heterocycles. The van der Waals surface area contributed by atoms with Crippen molar-refractivity contribution in [2.75, 3.05) is 26.1 Å². The number of hydrogen-bond acceptors (Lipinski definition) is 8. The van der Waals surface area contributed by atoms with Gasteiger partial charge in [-0.2, -0.15) is 0 Å². The minimum absolute atomic E-state index is 0.0695. The summed E-state index contributed by atoms with van der Waals surface area (Å²) in [4.78, 5) is 46.2. The van der Waals surface area contributed by atoms with Crippen LogP contribution >= 0.6 is 0 Å². The summed E-state index contributed by atoms with van der Waals surface area (Å²) < 4.78 is 9.54. The summed E-state index contributed by atoms with van der Waals surface area (Å²) in [5.41, 5.74) is -0.123. The van der Waals surface area contributed by atoms with E-state index in [1.165, 1.54) is 26.3 Å². The van der Waals surface area contributed by atoms with Crippen molar-refractivity contribution in [3.05, 3.63) is 33.9 Å². The predicted molar refractivity (Wildman–Crippen MR) is 96.3 cm³/mol. The zero-order valence-electron chi connectivity index (χ0n) is 15.6. The van der Waals surface area contributed by atoms with Crippen molar-refractivity contribution in [2.24, 2.45) is 5.92 Å². The van der Waals surface area contributed by atoms with Gasteiger partial charge in [0, 0.05) is 13.1 Å². The number of hydrogen-bond donors (Lipinski definition) is 2. The Morgan fingerprint density at radius 2 is 1.96 bits per heavy atom. The van der Waals surface area contributed by atoms with Crippen LogP contribution in [-0.4, -0.2) is 49.6 Å². The van der Waals surface area contributed by atoms with E-state index < -0.39 is 35.4 Å². The van der Waals surface area contributed by atoms with Gasteiger partial charge in [0.2, 0.25) is 0 Å². The monoisotopic (exact) mass is 381 g/mol. The molecule has 0 saturated carbocycles. The second-order valence-electron chi connectivity index (χ2n) is 5.77. The Kier molecular flexibility index (Phi) is 8.18. The highest BCUT2D eigenvalue weighted by molar-refractivity contribution is 5.93. The van der Waals surface area contributed by atoms with Crippen LogP contribution in [0.5, 0.6) is 0 Å². The normalized spacial score (nSPS) is 12.4. The van der Waals surface area contributed by atoms with E-state index in [1.54, 1.807) is 6.92 Å². The predicted octanol–water partition coefficient (Wildman–Crippen LogP) is 1.50. The van der Waals surface area contributed by atoms with Gasteiger partial charge in [0.25, 0.3) is 11.6 Å². The highest BCUT2D eigenvalue weighted by Gasteiger charge is 2.27. The van der Waals surface area contributed by atoms with Crippen molar-refractivity contribution in [1.29, 1.82) is 0 Å². The lowest BCUT2D eigenvalue weighted by Gasteiger charge is -2.21. The van der Waals surface area contributed by atoms with Gasteiger partial charge in [-0.15, -0.1) is 0 Å². The lowest BCUT2D eigenvalue weighted by molar-refractivity contribution is -0.384. The van der Waals surface area contributed by atoms with Crippen molar-refractivity contribution in [2.45, 2.75) is 26.3 Å². The molecule has 0 saturated heterocycles. The van der Waals surface area contributed by atoms with Gasteiger partial charge in [-0.1, -0.05) is 20.3 Å². The van der Waals surface area contributed by atoms with Crippen LogP contribution < -0.4 is 10.6 Å². The molecule has 0 aliphatic carbocycles. The lowest BCUT2D eigenvalue weighted by atomic mass is 9.99. The lowest BCUT2D eigenvalue weighted by Crippen LogP contribution is -2.47. The van der Waals surface area contributed by atoms with Crippen LogP contribution in [0.4, 0.5) is 11.4 Å². The van der Waals surface area contributed by atoms with Crippen LogP contribution in [0.25, 0.3) is 0 Å². The molecule has 10 nitrogen and oxygen atoms in total. The number of methoxy groups -OCH3 is 1. The highest BCUT2D eigenvalue weighted by Crippen LogP contribution is 2.25. The van der Waals surface area contributed by atoms with Gasteiger partial charge in [0.05, 0.1) is 17.6 Å². The summed E-state index contributed by atoms with van der Waals surface area (Å²) in [7, 11) is 2.73. The molecular weight excluding hydrogens is 358 g/mol. The molecule has 1 rings (SSSR count). The van der Waals surface area contributed by atoms with E-state index >= 15 is 0 Å². The number of carbonyl (C=O) groups is 3. The first-order valence-corrected chi connectivity index (χ1v) is 8.25. The highest BCUT2D eigenvalue weighted by atomic mass is 16.6. The Hall–Kier alpha value is -3.17. The van der Waals surface area contributed by atoms with Crippen molar-refractivity contribution in [3.8, 4) is 0 Å². The zero-order chi connectivity index (χ0) is 20.6. The molecule has 0 unspecified atom stereocenters. The van der Waals surface area contributed by atoms with Gasteiger partial charge in [0.15, 0.2) is 6.61 Å². The number of nitrogens with zero attached hydrogens (tertiary/aromatic N) is 1. The third-order valence-electron chi connectivity index (χ3n) is 4.02. The maximum absolute atomic E-state index is 12.1. The second kappa shape index (κ2) is 10.1. The van der Waals surface area contributed by atoms with E-state index in [0.29, 0.717) is 6.42 Å². The first-order chi connectivity index (χ1) is 12.7. The van der Waals surface area contributed by atoms with Crippen LogP contribution in [0.15, 0.2) is 18.2 Å². The number of esters is 2. The number of nitrogens with one attached hydrogen (secondary N) is 2. The number of nitro benzene ring substituents is 1. The van der Waals surface area contributed by atoms with Crippen LogP contribution in [0.2, 0.25) is 0 Å². The molecule has 0 aliphatic heterocycles. The van der Waals surface area contributed by atoms with Crippen molar-refractivity contribution >= 4 is 29.2 Å². The van der Waals surface area contributed by atoms with Gasteiger partial charge in [0.1, 0.15) is 11.7 Å². The summed E-state index contributed by atoms with van der Waals surface area (Å²) >= 11 is 0. The average Bonchev–Trinajstić information content (AvgIpc) is 2.68. The summed E-state index contributed by atoms with van der Waals surface area (Å²) in [5, 5.41) is 16.1. The molecule has 0 aliphatic rings. The van der Waals surface area contributed by atoms with E-state index in [4.69, 9.17) is 4.74 Å². The number of nitro groups is 1. The number of rotatable bonds is 9. The van der Waals surface area contributed by atoms with Gasteiger partial charge in [-0.3, -0.25) is 14.9 Å². The number of anilines is 1. The molecule has 2 N–H and O–H groups in total. The first kappa shape index (κ1) is 21.9. The molecule has 1 aromatic carbocycles. The molecule has 1 aromatic rings. The fourth-order valence-corrected chi connectivity index (χ4v) is 2.25. The Bertz CT molecular complexity index is 720. The number of amides is 1. The van der Waals surface area contributed by atoms with E-state index in [1.807, 2.05) is 6.92 Å². The standard InChI is InChI=1S/C17H23N3O7/c1-5-10(2)15(17(23)26-4)19-14(21)9-27-16(22)11-6-7-12(18-3)13(8-11)20(24)25/h6-8,10,15,18H,5,9H2,1-4H3,(H,19,21)/t10-,15+/m0/s1. The summed E-state index contributed by atoms with van der Waals surface area (Å²) in [5.74, 6) is -2.34. The van der Waals surface area contributed by atoms with Crippen LogP contribution in [0.3, 0.4) is 0 Å². The van der Waals surface area contributed by atoms with Gasteiger partial charge >= 0.3 is 11.9 Å². The molecule has 1 amide bonds. The summed E-state index contributed by atoms with van der Waals surface area (Å²) in [6.45, 7) is 3.00. The molecule has 0 heterocycles. The Morgan fingerprint density at radius 3 is 2.48 bits per heavy atom. The molecule has 27 heavy (non-hydrogen) atoms. The van der Waals surface area contributed by atoms with E-state index in [0.717, 1.165) is 6.07 Å². The topological polar surface area (TPSA) is 137 Å². The van der Waals surface area contributed by atoms with Gasteiger partial charge in [-0.05, 0) is 18.1 Å². The van der Waals surface area contributed by atoms with Crippen LogP contribution in [-0.2, 0) is 19.1 Å². The van der Waals surface area contributed by atoms with Gasteiger partial charge < -0.3 is 20.1 Å². The third kappa shape index (κ3) is 5.94. The van der Waals surface area contributed by atoms with Crippen LogP contribution in [0, 0.1) is 16.0 Å². The average molecular weight is 381 g/mol. The number of carbonyl (C=O) groups excluding carboxylic acids is 3. The van der Waals surface area contributed by atoms with E-state index in [-0.39, 0.29) is 22.9 Å². The van der Waals surface area contributed by atoms with Crippen molar-refractivity contribution in [3.63, 3.8) is 0 Å². The van der Waals surface area contributed by atoms with Crippen molar-refractivity contribution in [1.82, 2.24) is 5.32 Å². The summed E-state index contributed by atoms with van der Waals surface area (Å²) in [6.07, 6.45) is 0.626. The summed E-state index contributed by atoms with van der Waals surface area (Å²) in [6, 6.07) is 2.91. The molecule has 0 bridgehead atoms. The molecule has 0 fully saturated rings. The second-order valence-corrected chi connectivity index (χ2v) is 5.77. The largest absolute Gasteiger partial charge is 0.467 e. The first-order valence-electron chi connectivity index (χ1n) is 8.25. The van der Waals surface area contributed by atoms with Crippen LogP contribution in [0.1, 0.15) is 30.6 Å². The SMILES string of the molecule is CC[C@H](C)[C@@H](NC(=O)COC(=O)c1ccc(NC)c([N+](=O)[O-])c1)C(=O)OC. The van der Waals surface area contributed by atoms with Gasteiger partial charge in [-0.25, -0.2) is 9.59 Å². The fraction of sp³-hybridized carbons (Fsp3) is 0.471. The molecule has 0 radical (unpaired) electrons. The zero-order valence-corrected chi connectivity index (χ0v) is 15.6. The maximum atomic E-state index is 12.1. The van der Waals surface area contributed by atoms with E-state index in [9.17, 15) is 24.5 Å². The van der Waals surface area contributed by atoms with E-state index in [2.05, 4.69) is 15.4 Å². The quantitative estimate of drug-likeness (QED) is 0.373. The molecule has 0 spiro atoms. The number of ether oxygens (including phenoxy) is 2. The molecule has 148 valence electrons. The Morgan fingerprint density at radius 1 is 1.30 bits per heavy atom. The Balaban J connectivity index is 2.76. The number of benzene rings is 1. The maximum Gasteiger partial charge on any atom is 0.338 e. The smallest absolute Gasteiger partial charge is 0.338 e. The molecule has 2 atom stereocenters. The minimum Gasteiger partial charge on any atom is -0.467 e. The third-order valence-corrected chi connectivity index (χ3v) is 4.02. The molecular formula is C17H23N3O7. The fourth-order valence-electron chi connectivity index (χ4n) is 2.25. The molecule has 10 heteroatoms.